The Labute approximate surface area is 180 Å². The molecule has 1 aliphatic rings. The standard InChI is InChI=1S/C25H21NO5/c1-15-12-16(2)17(3)22(13-15)30-14-23(27)31-19-10-8-18(9-11-19)26-24(28)20-6-4-5-7-21(20)25(26)29/h4-13H,14H2,1-3H3. The second-order valence-corrected chi connectivity index (χ2v) is 7.45. The highest BCUT2D eigenvalue weighted by Gasteiger charge is 2.36. The molecule has 0 atom stereocenters. The number of hydrogen-bond donors (Lipinski definition) is 0. The van der Waals surface area contributed by atoms with Crippen molar-refractivity contribution < 1.29 is 23.9 Å². The van der Waals surface area contributed by atoms with Gasteiger partial charge in [-0.1, -0.05) is 18.2 Å². The molecule has 1 heterocycles. The predicted molar refractivity (Wildman–Crippen MR) is 116 cm³/mol. The predicted octanol–water partition coefficient (Wildman–Crippen LogP) is 4.40. The van der Waals surface area contributed by atoms with E-state index in [-0.39, 0.29) is 18.4 Å². The van der Waals surface area contributed by atoms with Gasteiger partial charge in [-0.15, -0.1) is 0 Å². The summed E-state index contributed by atoms with van der Waals surface area (Å²) in [4.78, 5) is 38.4. The van der Waals surface area contributed by atoms with Gasteiger partial charge in [0.1, 0.15) is 11.5 Å². The van der Waals surface area contributed by atoms with Crippen LogP contribution in [0.3, 0.4) is 0 Å². The number of nitrogens with zero attached hydrogens (tertiary/aromatic N) is 1. The van der Waals surface area contributed by atoms with Crippen LogP contribution < -0.4 is 14.4 Å². The fourth-order valence-corrected chi connectivity index (χ4v) is 3.54. The van der Waals surface area contributed by atoms with Gasteiger partial charge in [-0.25, -0.2) is 9.69 Å². The molecule has 0 saturated heterocycles. The number of anilines is 1. The number of amides is 2. The van der Waals surface area contributed by atoms with Crippen molar-refractivity contribution in [2.75, 3.05) is 11.5 Å². The van der Waals surface area contributed by atoms with E-state index in [2.05, 4.69) is 6.07 Å². The number of carbonyl (C=O) groups excluding carboxylic acids is 3. The molecule has 0 bridgehead atoms. The third-order valence-corrected chi connectivity index (χ3v) is 5.23. The number of carbonyl (C=O) groups is 3. The Morgan fingerprint density at radius 1 is 0.871 bits per heavy atom. The summed E-state index contributed by atoms with van der Waals surface area (Å²) in [5.74, 6) is -0.348. The highest BCUT2D eigenvalue weighted by molar-refractivity contribution is 6.34. The van der Waals surface area contributed by atoms with Crippen molar-refractivity contribution in [3.8, 4) is 11.5 Å². The van der Waals surface area contributed by atoms with Crippen LogP contribution >= 0.6 is 0 Å². The molecule has 0 unspecified atom stereocenters. The maximum atomic E-state index is 12.6. The van der Waals surface area contributed by atoms with Gasteiger partial charge >= 0.3 is 5.97 Å². The first-order valence-corrected chi connectivity index (χ1v) is 9.84. The van der Waals surface area contributed by atoms with Crippen molar-refractivity contribution in [3.63, 3.8) is 0 Å². The molecule has 4 rings (SSSR count). The van der Waals surface area contributed by atoms with E-state index in [1.165, 1.54) is 0 Å². The molecule has 3 aromatic rings. The van der Waals surface area contributed by atoms with Crippen molar-refractivity contribution >= 4 is 23.5 Å². The fraction of sp³-hybridized carbons (Fsp3) is 0.160. The monoisotopic (exact) mass is 415 g/mol. The Morgan fingerprint density at radius 3 is 2.10 bits per heavy atom. The fourth-order valence-electron chi connectivity index (χ4n) is 3.54. The number of rotatable bonds is 5. The van der Waals surface area contributed by atoms with E-state index >= 15 is 0 Å². The van der Waals surface area contributed by atoms with Crippen LogP contribution in [0.2, 0.25) is 0 Å². The Bertz CT molecular complexity index is 1160. The summed E-state index contributed by atoms with van der Waals surface area (Å²) in [6.45, 7) is 5.66. The van der Waals surface area contributed by atoms with Gasteiger partial charge in [0.25, 0.3) is 11.8 Å². The lowest BCUT2D eigenvalue weighted by Crippen LogP contribution is -2.29. The number of esters is 1. The molecule has 31 heavy (non-hydrogen) atoms. The van der Waals surface area contributed by atoms with Crippen LogP contribution in [-0.2, 0) is 4.79 Å². The Morgan fingerprint density at radius 2 is 1.48 bits per heavy atom. The average Bonchev–Trinajstić information content (AvgIpc) is 3.01. The first kappa shape index (κ1) is 20.3. The van der Waals surface area contributed by atoms with Crippen molar-refractivity contribution in [1.82, 2.24) is 0 Å². The largest absolute Gasteiger partial charge is 0.482 e. The lowest BCUT2D eigenvalue weighted by atomic mass is 10.1. The Kier molecular flexibility index (Phi) is 5.29. The van der Waals surface area contributed by atoms with E-state index in [0.717, 1.165) is 21.6 Å². The average molecular weight is 415 g/mol. The molecule has 0 aliphatic carbocycles. The molecule has 0 aromatic heterocycles. The first-order valence-electron chi connectivity index (χ1n) is 9.84. The molecule has 0 radical (unpaired) electrons. The number of hydrogen-bond acceptors (Lipinski definition) is 5. The number of ether oxygens (including phenoxy) is 2. The van der Waals surface area contributed by atoms with Crippen molar-refractivity contribution in [2.24, 2.45) is 0 Å². The minimum Gasteiger partial charge on any atom is -0.482 e. The molecule has 156 valence electrons. The molecule has 1 aliphatic heterocycles. The van der Waals surface area contributed by atoms with Crippen LogP contribution in [-0.4, -0.2) is 24.4 Å². The molecule has 0 saturated carbocycles. The van der Waals surface area contributed by atoms with E-state index in [9.17, 15) is 14.4 Å². The molecule has 0 spiro atoms. The Hall–Kier alpha value is -3.93. The third kappa shape index (κ3) is 3.92. The first-order chi connectivity index (χ1) is 14.8. The van der Waals surface area contributed by atoms with Crippen LogP contribution in [0.15, 0.2) is 60.7 Å². The summed E-state index contributed by atoms with van der Waals surface area (Å²) in [6.07, 6.45) is 0. The van der Waals surface area contributed by atoms with E-state index < -0.39 is 5.97 Å². The summed E-state index contributed by atoms with van der Waals surface area (Å²) in [5, 5.41) is 0. The SMILES string of the molecule is Cc1cc(C)c(C)c(OCC(=O)Oc2ccc(N3C(=O)c4ccccc4C3=O)cc2)c1. The number of imide groups is 1. The highest BCUT2D eigenvalue weighted by atomic mass is 16.6. The van der Waals surface area contributed by atoms with Crippen molar-refractivity contribution in [2.45, 2.75) is 20.8 Å². The lowest BCUT2D eigenvalue weighted by Gasteiger charge is -2.14. The summed E-state index contributed by atoms with van der Waals surface area (Å²) in [7, 11) is 0. The minimum absolute atomic E-state index is 0.232. The summed E-state index contributed by atoms with van der Waals surface area (Å²) >= 11 is 0. The number of benzene rings is 3. The maximum Gasteiger partial charge on any atom is 0.349 e. The van der Waals surface area contributed by atoms with Crippen molar-refractivity contribution in [1.29, 1.82) is 0 Å². The molecule has 6 heteroatoms. The Balaban J connectivity index is 1.41. The van der Waals surface area contributed by atoms with Gasteiger partial charge < -0.3 is 9.47 Å². The highest BCUT2D eigenvalue weighted by Crippen LogP contribution is 2.29. The third-order valence-electron chi connectivity index (χ3n) is 5.23. The van der Waals surface area contributed by atoms with Crippen LogP contribution in [0.25, 0.3) is 0 Å². The topological polar surface area (TPSA) is 72.9 Å². The van der Waals surface area contributed by atoms with Gasteiger partial charge in [-0.05, 0) is 79.9 Å². The van der Waals surface area contributed by atoms with Crippen LogP contribution in [0.5, 0.6) is 11.5 Å². The molecule has 0 fully saturated rings. The second kappa shape index (κ2) is 8.07. The minimum atomic E-state index is -0.549. The zero-order valence-electron chi connectivity index (χ0n) is 17.5. The lowest BCUT2D eigenvalue weighted by molar-refractivity contribution is -0.136. The van der Waals surface area contributed by atoms with Gasteiger partial charge in [0.05, 0.1) is 16.8 Å². The summed E-state index contributed by atoms with van der Waals surface area (Å²) in [6, 6.07) is 16.8. The van der Waals surface area contributed by atoms with Gasteiger partial charge in [-0.2, -0.15) is 0 Å². The van der Waals surface area contributed by atoms with Crippen molar-refractivity contribution in [3.05, 3.63) is 88.5 Å². The van der Waals surface area contributed by atoms with Gasteiger partial charge in [-0.3, -0.25) is 9.59 Å². The van der Waals surface area contributed by atoms with Crippen LogP contribution in [0.4, 0.5) is 5.69 Å². The van der Waals surface area contributed by atoms with Gasteiger partial charge in [0.15, 0.2) is 6.61 Å². The second-order valence-electron chi connectivity index (χ2n) is 7.45. The van der Waals surface area contributed by atoms with Crippen LogP contribution in [0, 0.1) is 20.8 Å². The van der Waals surface area contributed by atoms with E-state index in [0.29, 0.717) is 28.3 Å². The smallest absolute Gasteiger partial charge is 0.349 e. The normalized spacial score (nSPS) is 12.7. The molecule has 3 aromatic carbocycles. The van der Waals surface area contributed by atoms with Gasteiger partial charge in [0.2, 0.25) is 0 Å². The maximum absolute atomic E-state index is 12.6. The quantitative estimate of drug-likeness (QED) is 0.351. The number of fused-ring (bicyclic) bond motifs is 1. The molecule has 0 N–H and O–H groups in total. The van der Waals surface area contributed by atoms with Crippen LogP contribution in [0.1, 0.15) is 37.4 Å². The van der Waals surface area contributed by atoms with Gasteiger partial charge in [0, 0.05) is 0 Å². The molecular formula is C25H21NO5. The summed E-state index contributed by atoms with van der Waals surface area (Å²) < 4.78 is 10.9. The van der Waals surface area contributed by atoms with E-state index in [1.807, 2.05) is 26.8 Å². The molecule has 6 nitrogen and oxygen atoms in total. The zero-order valence-corrected chi connectivity index (χ0v) is 17.5. The molecular weight excluding hydrogens is 394 g/mol. The zero-order chi connectivity index (χ0) is 22.1. The van der Waals surface area contributed by atoms with E-state index in [4.69, 9.17) is 9.47 Å². The number of aryl methyl sites for hydroxylation is 2. The van der Waals surface area contributed by atoms with E-state index in [1.54, 1.807) is 48.5 Å². The summed E-state index contributed by atoms with van der Waals surface area (Å²) in [5.41, 5.74) is 4.28. The molecule has 2 amide bonds.